The molecule has 0 bridgehead atoms. The Kier molecular flexibility index (Phi) is 3.95. The highest BCUT2D eigenvalue weighted by molar-refractivity contribution is 5.95. The first-order valence-corrected chi connectivity index (χ1v) is 5.97. The molecular formula is C13H8F6O4. The fraction of sp³-hybridized carbons (Fsp3) is 0.308. The molecule has 1 aromatic rings. The van der Waals surface area contributed by atoms with Gasteiger partial charge in [0.1, 0.15) is 11.5 Å². The molecule has 23 heavy (non-hydrogen) atoms. The molecule has 2 rings (SSSR count). The number of carbonyl (C=O) groups is 1. The zero-order valence-corrected chi connectivity index (χ0v) is 11.2. The molecular weight excluding hydrogens is 334 g/mol. The summed E-state index contributed by atoms with van der Waals surface area (Å²) in [5.74, 6) is -2.94. The molecule has 0 amide bonds. The minimum atomic E-state index is -5.00. The lowest BCUT2D eigenvalue weighted by atomic mass is 9.99. The van der Waals surface area contributed by atoms with Gasteiger partial charge < -0.3 is 14.6 Å². The van der Waals surface area contributed by atoms with Crippen LogP contribution in [-0.2, 0) is 4.79 Å². The first-order valence-electron chi connectivity index (χ1n) is 5.97. The van der Waals surface area contributed by atoms with Crippen molar-refractivity contribution in [3.63, 3.8) is 0 Å². The van der Waals surface area contributed by atoms with Crippen LogP contribution in [0, 0.1) is 6.92 Å². The summed E-state index contributed by atoms with van der Waals surface area (Å²) in [6.07, 6.45) is -12.1. The lowest BCUT2D eigenvalue weighted by Gasteiger charge is -2.28. The van der Waals surface area contributed by atoms with Crippen LogP contribution in [0.1, 0.15) is 11.1 Å². The highest BCUT2D eigenvalue weighted by Gasteiger charge is 2.48. The number of aliphatic carboxylic acids is 1. The summed E-state index contributed by atoms with van der Waals surface area (Å²) in [6, 6.07) is 1.60. The van der Waals surface area contributed by atoms with Crippen molar-refractivity contribution in [1.29, 1.82) is 0 Å². The molecule has 1 aliphatic rings. The Bertz CT molecular complexity index is 674. The summed E-state index contributed by atoms with van der Waals surface area (Å²) in [4.78, 5) is 11.0. The molecule has 0 fully saturated rings. The molecule has 1 atom stereocenters. The number of rotatable bonds is 2. The largest absolute Gasteiger partial charge is 0.573 e. The number of fused-ring (bicyclic) bond motifs is 1. The van der Waals surface area contributed by atoms with Gasteiger partial charge in [-0.25, -0.2) is 4.79 Å². The molecule has 0 saturated carbocycles. The van der Waals surface area contributed by atoms with E-state index in [4.69, 9.17) is 5.11 Å². The van der Waals surface area contributed by atoms with Gasteiger partial charge >= 0.3 is 18.5 Å². The second-order valence-electron chi connectivity index (χ2n) is 4.65. The number of carboxylic acid groups (broad SMARTS) is 1. The Hall–Kier alpha value is -2.39. The smallest absolute Gasteiger partial charge is 0.478 e. The molecule has 1 N–H and O–H groups in total. The summed E-state index contributed by atoms with van der Waals surface area (Å²) in [5, 5.41) is 8.86. The van der Waals surface area contributed by atoms with Gasteiger partial charge in [-0.2, -0.15) is 13.2 Å². The number of hydrogen-bond donors (Lipinski definition) is 1. The molecule has 4 nitrogen and oxygen atoms in total. The number of alkyl halides is 6. The second kappa shape index (κ2) is 5.36. The van der Waals surface area contributed by atoms with E-state index in [9.17, 15) is 31.1 Å². The normalized spacial score (nSPS) is 17.9. The van der Waals surface area contributed by atoms with Crippen molar-refractivity contribution in [3.05, 3.63) is 28.8 Å². The topological polar surface area (TPSA) is 55.8 Å². The predicted octanol–water partition coefficient (Wildman–Crippen LogP) is 3.68. The van der Waals surface area contributed by atoms with Crippen LogP contribution in [0.4, 0.5) is 26.3 Å². The first-order chi connectivity index (χ1) is 10.4. The molecule has 0 saturated heterocycles. The van der Waals surface area contributed by atoms with Crippen LogP contribution in [0.3, 0.4) is 0 Å². The van der Waals surface area contributed by atoms with E-state index in [0.717, 1.165) is 12.1 Å². The third-order valence-corrected chi connectivity index (χ3v) is 2.88. The molecule has 1 aromatic carbocycles. The van der Waals surface area contributed by atoms with Crippen LogP contribution in [-0.4, -0.2) is 29.7 Å². The fourth-order valence-electron chi connectivity index (χ4n) is 2.07. The van der Waals surface area contributed by atoms with Gasteiger partial charge in [0.05, 0.1) is 5.57 Å². The Balaban J connectivity index is 2.53. The van der Waals surface area contributed by atoms with Crippen LogP contribution >= 0.6 is 0 Å². The average molecular weight is 342 g/mol. The van der Waals surface area contributed by atoms with E-state index in [2.05, 4.69) is 9.47 Å². The van der Waals surface area contributed by atoms with Crippen LogP contribution in [0.5, 0.6) is 11.5 Å². The maximum absolute atomic E-state index is 12.9. The number of carboxylic acids is 1. The summed E-state index contributed by atoms with van der Waals surface area (Å²) >= 11 is 0. The zero-order valence-electron chi connectivity index (χ0n) is 11.2. The van der Waals surface area contributed by atoms with Crippen molar-refractivity contribution in [1.82, 2.24) is 0 Å². The van der Waals surface area contributed by atoms with E-state index in [1.165, 1.54) is 6.92 Å². The quantitative estimate of drug-likeness (QED) is 0.833. The molecule has 0 radical (unpaired) electrons. The van der Waals surface area contributed by atoms with E-state index in [1.807, 2.05) is 0 Å². The number of ether oxygens (including phenoxy) is 2. The zero-order chi connectivity index (χ0) is 17.6. The lowest BCUT2D eigenvalue weighted by molar-refractivity contribution is -0.274. The molecule has 0 aliphatic carbocycles. The molecule has 1 aliphatic heterocycles. The summed E-state index contributed by atoms with van der Waals surface area (Å²) in [5.41, 5.74) is -1.44. The Labute approximate surface area is 124 Å². The number of halogens is 6. The van der Waals surface area contributed by atoms with Crippen LogP contribution < -0.4 is 9.47 Å². The molecule has 10 heteroatoms. The van der Waals surface area contributed by atoms with Crippen molar-refractivity contribution in [3.8, 4) is 11.5 Å². The van der Waals surface area contributed by atoms with Crippen molar-refractivity contribution < 1.29 is 45.7 Å². The van der Waals surface area contributed by atoms with Gasteiger partial charge in [0.25, 0.3) is 0 Å². The summed E-state index contributed by atoms with van der Waals surface area (Å²) in [7, 11) is 0. The van der Waals surface area contributed by atoms with Gasteiger partial charge in [0, 0.05) is 5.56 Å². The van der Waals surface area contributed by atoms with E-state index in [0.29, 0.717) is 6.08 Å². The number of benzene rings is 1. The number of hydrogen-bond acceptors (Lipinski definition) is 3. The van der Waals surface area contributed by atoms with Gasteiger partial charge in [-0.3, -0.25) is 0 Å². The number of aryl methyl sites for hydroxylation is 1. The van der Waals surface area contributed by atoms with Crippen molar-refractivity contribution in [2.75, 3.05) is 0 Å². The summed E-state index contributed by atoms with van der Waals surface area (Å²) < 4.78 is 83.6. The van der Waals surface area contributed by atoms with E-state index >= 15 is 0 Å². The second-order valence-corrected chi connectivity index (χ2v) is 4.65. The SMILES string of the molecule is Cc1cc(OC(F)(F)F)cc2c1O[C@H](C(F)(F)F)C(C(=O)O)=C2. The van der Waals surface area contributed by atoms with Crippen molar-refractivity contribution >= 4 is 12.0 Å². The van der Waals surface area contributed by atoms with Crippen LogP contribution in [0.15, 0.2) is 17.7 Å². The summed E-state index contributed by atoms with van der Waals surface area (Å²) in [6.45, 7) is 1.22. The Morgan fingerprint density at radius 2 is 1.83 bits per heavy atom. The van der Waals surface area contributed by atoms with E-state index in [1.54, 1.807) is 0 Å². The average Bonchev–Trinajstić information content (AvgIpc) is 2.33. The maximum atomic E-state index is 12.9. The van der Waals surface area contributed by atoms with Gasteiger partial charge in [0.15, 0.2) is 0 Å². The highest BCUT2D eigenvalue weighted by atomic mass is 19.4. The third kappa shape index (κ3) is 3.69. The minimum Gasteiger partial charge on any atom is -0.478 e. The van der Waals surface area contributed by atoms with Gasteiger partial charge in [-0.15, -0.1) is 13.2 Å². The molecule has 1 heterocycles. The van der Waals surface area contributed by atoms with Gasteiger partial charge in [-0.1, -0.05) is 0 Å². The van der Waals surface area contributed by atoms with E-state index < -0.39 is 35.9 Å². The molecule has 126 valence electrons. The predicted molar refractivity (Wildman–Crippen MR) is 63.9 cm³/mol. The van der Waals surface area contributed by atoms with Crippen molar-refractivity contribution in [2.24, 2.45) is 0 Å². The minimum absolute atomic E-state index is 0.0586. The monoisotopic (exact) mass is 342 g/mol. The Morgan fingerprint density at radius 1 is 1.22 bits per heavy atom. The fourth-order valence-corrected chi connectivity index (χ4v) is 2.07. The van der Waals surface area contributed by atoms with Crippen molar-refractivity contribution in [2.45, 2.75) is 25.6 Å². The third-order valence-electron chi connectivity index (χ3n) is 2.88. The van der Waals surface area contributed by atoms with Crippen LogP contribution in [0.2, 0.25) is 0 Å². The highest BCUT2D eigenvalue weighted by Crippen LogP contribution is 2.41. The molecule has 0 unspecified atom stereocenters. The maximum Gasteiger partial charge on any atom is 0.573 e. The molecule has 0 aromatic heterocycles. The van der Waals surface area contributed by atoms with E-state index in [-0.39, 0.29) is 16.9 Å². The van der Waals surface area contributed by atoms with Crippen LogP contribution in [0.25, 0.3) is 6.08 Å². The standard InChI is InChI=1S/C13H8F6O4/c1-5-2-7(23-13(17,18)19)3-6-4-8(11(20)21)10(12(14,15)16)22-9(5)6/h2-4,10H,1H3,(H,20,21)/t10-/m0/s1. The molecule has 0 spiro atoms. The lowest BCUT2D eigenvalue weighted by Crippen LogP contribution is -2.40. The first kappa shape index (κ1) is 17.0. The van der Waals surface area contributed by atoms with Gasteiger partial charge in [0.2, 0.25) is 6.10 Å². The Morgan fingerprint density at radius 3 is 2.30 bits per heavy atom. The van der Waals surface area contributed by atoms with Gasteiger partial charge in [-0.05, 0) is 30.7 Å².